The standard InChI is InChI=1S/C26H33N3O3/c1-20(19-22-11-7-8-12-23(22)32-3)28-17-14-26(15-18-28)24(30)29(25(31)27(26)2)16-13-21-9-5-4-6-10-21/h4-12,20H,13-19H2,1-3H3/t20-/m0/s1. The number of carbonyl (C=O) groups is 2. The minimum atomic E-state index is -0.700. The Bertz CT molecular complexity index is 954. The molecule has 1 spiro atoms. The first-order valence-corrected chi connectivity index (χ1v) is 11.5. The predicted molar refractivity (Wildman–Crippen MR) is 125 cm³/mol. The van der Waals surface area contributed by atoms with E-state index in [1.165, 1.54) is 10.5 Å². The minimum Gasteiger partial charge on any atom is -0.496 e. The molecule has 2 aliphatic heterocycles. The van der Waals surface area contributed by atoms with Crippen molar-refractivity contribution in [2.45, 2.75) is 44.2 Å². The molecule has 0 aliphatic carbocycles. The summed E-state index contributed by atoms with van der Waals surface area (Å²) in [6, 6.07) is 18.3. The third-order valence-electron chi connectivity index (χ3n) is 7.23. The number of rotatable bonds is 7. The number of carbonyl (C=O) groups excluding carboxylic acids is 2. The van der Waals surface area contributed by atoms with Gasteiger partial charge in [0.25, 0.3) is 5.91 Å². The zero-order valence-corrected chi connectivity index (χ0v) is 19.3. The van der Waals surface area contributed by atoms with E-state index in [-0.39, 0.29) is 11.9 Å². The maximum atomic E-state index is 13.4. The van der Waals surface area contributed by atoms with Crippen molar-refractivity contribution in [3.8, 4) is 5.75 Å². The van der Waals surface area contributed by atoms with E-state index in [0.29, 0.717) is 31.8 Å². The Morgan fingerprint density at radius 3 is 2.34 bits per heavy atom. The van der Waals surface area contributed by atoms with E-state index in [1.807, 2.05) is 48.5 Å². The topological polar surface area (TPSA) is 53.1 Å². The third-order valence-corrected chi connectivity index (χ3v) is 7.23. The van der Waals surface area contributed by atoms with Gasteiger partial charge in [0.15, 0.2) is 0 Å². The largest absolute Gasteiger partial charge is 0.496 e. The SMILES string of the molecule is COc1ccccc1C[C@H](C)N1CCC2(CC1)C(=O)N(CCc1ccccc1)C(=O)N2C. The second-order valence-electron chi connectivity index (χ2n) is 8.97. The molecule has 0 unspecified atom stereocenters. The zero-order chi connectivity index (χ0) is 22.7. The Kier molecular flexibility index (Phi) is 6.51. The highest BCUT2D eigenvalue weighted by Gasteiger charge is 2.56. The van der Waals surface area contributed by atoms with Crippen LogP contribution >= 0.6 is 0 Å². The van der Waals surface area contributed by atoms with Gasteiger partial charge in [0.1, 0.15) is 11.3 Å². The van der Waals surface area contributed by atoms with Gasteiger partial charge in [-0.1, -0.05) is 48.5 Å². The summed E-state index contributed by atoms with van der Waals surface area (Å²) in [5.41, 5.74) is 1.63. The number of hydrogen-bond acceptors (Lipinski definition) is 4. The summed E-state index contributed by atoms with van der Waals surface area (Å²) in [5.74, 6) is 0.885. The van der Waals surface area contributed by atoms with Crippen molar-refractivity contribution in [1.29, 1.82) is 0 Å². The molecule has 6 nitrogen and oxygen atoms in total. The average molecular weight is 436 g/mol. The van der Waals surface area contributed by atoms with Crippen LogP contribution in [0.5, 0.6) is 5.75 Å². The lowest BCUT2D eigenvalue weighted by Crippen LogP contribution is -2.56. The van der Waals surface area contributed by atoms with E-state index in [1.54, 1.807) is 19.1 Å². The second kappa shape index (κ2) is 9.33. The van der Waals surface area contributed by atoms with Gasteiger partial charge in [-0.25, -0.2) is 4.79 Å². The van der Waals surface area contributed by atoms with Crippen LogP contribution in [0.1, 0.15) is 30.9 Å². The lowest BCUT2D eigenvalue weighted by Gasteiger charge is -2.43. The molecule has 2 heterocycles. The highest BCUT2D eigenvalue weighted by atomic mass is 16.5. The van der Waals surface area contributed by atoms with E-state index >= 15 is 0 Å². The zero-order valence-electron chi connectivity index (χ0n) is 19.3. The number of likely N-dealkylation sites (N-methyl/N-ethyl adjacent to an activating group) is 1. The molecule has 0 radical (unpaired) electrons. The molecule has 2 fully saturated rings. The molecule has 4 rings (SSSR count). The van der Waals surface area contributed by atoms with Crippen molar-refractivity contribution >= 4 is 11.9 Å². The second-order valence-corrected chi connectivity index (χ2v) is 8.97. The van der Waals surface area contributed by atoms with Gasteiger partial charge in [-0.2, -0.15) is 0 Å². The van der Waals surface area contributed by atoms with E-state index in [4.69, 9.17) is 4.74 Å². The molecule has 2 aliphatic rings. The molecule has 170 valence electrons. The van der Waals surface area contributed by atoms with Crippen molar-refractivity contribution < 1.29 is 14.3 Å². The molecule has 0 N–H and O–H groups in total. The first-order chi connectivity index (χ1) is 15.5. The van der Waals surface area contributed by atoms with Gasteiger partial charge in [-0.15, -0.1) is 0 Å². The van der Waals surface area contributed by atoms with E-state index in [0.717, 1.165) is 30.8 Å². The van der Waals surface area contributed by atoms with Crippen LogP contribution in [0.3, 0.4) is 0 Å². The summed E-state index contributed by atoms with van der Waals surface area (Å²) in [4.78, 5) is 31.9. The Morgan fingerprint density at radius 2 is 1.66 bits per heavy atom. The lowest BCUT2D eigenvalue weighted by molar-refractivity contribution is -0.135. The van der Waals surface area contributed by atoms with Gasteiger partial charge in [0.2, 0.25) is 0 Å². The van der Waals surface area contributed by atoms with Crippen LogP contribution in [-0.4, -0.2) is 72.0 Å². The highest BCUT2D eigenvalue weighted by Crippen LogP contribution is 2.37. The third kappa shape index (κ3) is 4.11. The van der Waals surface area contributed by atoms with Crippen molar-refractivity contribution in [3.63, 3.8) is 0 Å². The van der Waals surface area contributed by atoms with Crippen molar-refractivity contribution in [2.75, 3.05) is 33.8 Å². The fraction of sp³-hybridized carbons (Fsp3) is 0.462. The molecule has 2 saturated heterocycles. The molecule has 0 bridgehead atoms. The summed E-state index contributed by atoms with van der Waals surface area (Å²) in [6.45, 7) is 4.25. The molecular formula is C26H33N3O3. The van der Waals surface area contributed by atoms with E-state index in [9.17, 15) is 9.59 Å². The molecule has 2 aromatic carbocycles. The number of piperidine rings is 1. The summed E-state index contributed by atoms with van der Waals surface area (Å²) in [7, 11) is 3.49. The molecule has 32 heavy (non-hydrogen) atoms. The number of imide groups is 1. The van der Waals surface area contributed by atoms with Crippen LogP contribution in [0.4, 0.5) is 4.79 Å². The molecule has 2 aromatic rings. The molecule has 3 amide bonds. The fourth-order valence-corrected chi connectivity index (χ4v) is 5.13. The average Bonchev–Trinajstić information content (AvgIpc) is 3.00. The van der Waals surface area contributed by atoms with Crippen LogP contribution in [-0.2, 0) is 17.6 Å². The molecular weight excluding hydrogens is 402 g/mol. The maximum absolute atomic E-state index is 13.4. The number of urea groups is 1. The first-order valence-electron chi connectivity index (χ1n) is 11.5. The summed E-state index contributed by atoms with van der Waals surface area (Å²) >= 11 is 0. The van der Waals surface area contributed by atoms with Gasteiger partial charge in [0.05, 0.1) is 7.11 Å². The lowest BCUT2D eigenvalue weighted by atomic mass is 9.85. The first kappa shape index (κ1) is 22.3. The van der Waals surface area contributed by atoms with Crippen molar-refractivity contribution in [2.24, 2.45) is 0 Å². The number of benzene rings is 2. The van der Waals surface area contributed by atoms with Crippen molar-refractivity contribution in [3.05, 3.63) is 65.7 Å². The number of para-hydroxylation sites is 1. The van der Waals surface area contributed by atoms with Crippen molar-refractivity contribution in [1.82, 2.24) is 14.7 Å². The van der Waals surface area contributed by atoms with Crippen LogP contribution in [0.2, 0.25) is 0 Å². The number of nitrogens with zero attached hydrogens (tertiary/aromatic N) is 3. The van der Waals surface area contributed by atoms with Gasteiger partial charge in [0, 0.05) is 32.7 Å². The Hall–Kier alpha value is -2.86. The molecule has 0 aromatic heterocycles. The fourth-order valence-electron chi connectivity index (χ4n) is 5.13. The summed E-state index contributed by atoms with van der Waals surface area (Å²) < 4.78 is 5.50. The Balaban J connectivity index is 1.39. The van der Waals surface area contributed by atoms with Gasteiger partial charge in [-0.05, 0) is 49.8 Å². The van der Waals surface area contributed by atoms with Crippen LogP contribution in [0, 0.1) is 0 Å². The number of amides is 3. The Labute approximate surface area is 190 Å². The Morgan fingerprint density at radius 1 is 1.00 bits per heavy atom. The number of ether oxygens (including phenoxy) is 1. The molecule has 0 saturated carbocycles. The predicted octanol–water partition coefficient (Wildman–Crippen LogP) is 3.60. The summed E-state index contributed by atoms with van der Waals surface area (Å²) in [6.07, 6.45) is 2.92. The normalized spacial score (nSPS) is 19.6. The van der Waals surface area contributed by atoms with Gasteiger partial charge >= 0.3 is 6.03 Å². The highest BCUT2D eigenvalue weighted by molar-refractivity contribution is 6.07. The minimum absolute atomic E-state index is 0.0297. The number of hydrogen-bond donors (Lipinski definition) is 0. The quantitative estimate of drug-likeness (QED) is 0.624. The molecule has 1 atom stereocenters. The number of likely N-dealkylation sites (tertiary alicyclic amines) is 1. The monoisotopic (exact) mass is 435 g/mol. The van der Waals surface area contributed by atoms with Gasteiger partial charge in [-0.3, -0.25) is 9.69 Å². The summed E-state index contributed by atoms with van der Waals surface area (Å²) in [5, 5.41) is 0. The number of methoxy groups -OCH3 is 1. The smallest absolute Gasteiger partial charge is 0.327 e. The van der Waals surface area contributed by atoms with Crippen LogP contribution < -0.4 is 4.74 Å². The van der Waals surface area contributed by atoms with Gasteiger partial charge < -0.3 is 14.5 Å². The van der Waals surface area contributed by atoms with Crippen LogP contribution in [0.25, 0.3) is 0 Å². The maximum Gasteiger partial charge on any atom is 0.327 e. The van der Waals surface area contributed by atoms with E-state index < -0.39 is 5.54 Å². The van der Waals surface area contributed by atoms with E-state index in [2.05, 4.69) is 17.9 Å². The molecule has 6 heteroatoms. The van der Waals surface area contributed by atoms with Crippen LogP contribution in [0.15, 0.2) is 54.6 Å².